The van der Waals surface area contributed by atoms with Gasteiger partial charge in [0, 0.05) is 18.5 Å². The van der Waals surface area contributed by atoms with E-state index >= 15 is 0 Å². The first-order valence-corrected chi connectivity index (χ1v) is 10.3. The Morgan fingerprint density at radius 1 is 1.16 bits per heavy atom. The van der Waals surface area contributed by atoms with Gasteiger partial charge in [-0.2, -0.15) is 0 Å². The van der Waals surface area contributed by atoms with E-state index in [1.54, 1.807) is 20.3 Å². The fraction of sp³-hybridized carbons (Fsp3) is 0.375. The highest BCUT2D eigenvalue weighted by Gasteiger charge is 2.27. The van der Waals surface area contributed by atoms with E-state index in [0.717, 1.165) is 34.8 Å². The van der Waals surface area contributed by atoms with Gasteiger partial charge in [0.15, 0.2) is 5.96 Å². The first-order valence-electron chi connectivity index (χ1n) is 10.3. The molecule has 0 bridgehead atoms. The number of guanidine groups is 1. The Kier molecular flexibility index (Phi) is 7.41. The van der Waals surface area contributed by atoms with Crippen LogP contribution in [0.4, 0.5) is 0 Å². The summed E-state index contributed by atoms with van der Waals surface area (Å²) in [4.78, 5) is 4.68. The zero-order valence-corrected chi connectivity index (χ0v) is 18.6. The molecule has 0 saturated carbocycles. The normalized spacial score (nSPS) is 13.6. The van der Waals surface area contributed by atoms with Crippen molar-refractivity contribution in [3.63, 3.8) is 0 Å². The van der Waals surface area contributed by atoms with Crippen LogP contribution in [0.25, 0.3) is 0 Å². The summed E-state index contributed by atoms with van der Waals surface area (Å²) in [7, 11) is 1.65. The van der Waals surface area contributed by atoms with Crippen molar-refractivity contribution in [3.05, 3.63) is 77.1 Å². The Balaban J connectivity index is 1.66. The number of rotatable bonds is 9. The summed E-state index contributed by atoms with van der Waals surface area (Å²) in [5.41, 5.74) is 0.717. The molecule has 0 saturated heterocycles. The molecule has 7 heteroatoms. The minimum absolute atomic E-state index is 0.280. The third kappa shape index (κ3) is 6.39. The van der Waals surface area contributed by atoms with Gasteiger partial charge in [0.2, 0.25) is 0 Å². The molecule has 1 unspecified atom stereocenters. The van der Waals surface area contributed by atoms with Crippen LogP contribution >= 0.6 is 0 Å². The molecule has 2 aromatic heterocycles. The molecule has 0 aliphatic heterocycles. The van der Waals surface area contributed by atoms with Crippen molar-refractivity contribution >= 4 is 5.96 Å². The van der Waals surface area contributed by atoms with Crippen LogP contribution in [0.1, 0.15) is 35.3 Å². The predicted molar refractivity (Wildman–Crippen MR) is 120 cm³/mol. The minimum atomic E-state index is -1.11. The lowest BCUT2D eigenvalue weighted by Crippen LogP contribution is -2.45. The number of hydrogen-bond acceptors (Lipinski definition) is 5. The highest BCUT2D eigenvalue weighted by molar-refractivity contribution is 5.79. The number of hydrogen-bond donors (Lipinski definition) is 3. The number of aliphatic hydroxyl groups is 1. The molecule has 2 heterocycles. The van der Waals surface area contributed by atoms with Crippen molar-refractivity contribution in [2.24, 2.45) is 4.99 Å². The number of nitrogens with zero attached hydrogens (tertiary/aromatic N) is 1. The van der Waals surface area contributed by atoms with Crippen LogP contribution in [0.15, 0.2) is 62.6 Å². The van der Waals surface area contributed by atoms with Gasteiger partial charge in [-0.3, -0.25) is 0 Å². The average Bonchev–Trinajstić information content (AvgIpc) is 3.39. The molecule has 3 N–H and O–H groups in total. The number of ether oxygens (including phenoxy) is 1. The topological polar surface area (TPSA) is 92.2 Å². The molecule has 0 spiro atoms. The molecule has 1 atom stereocenters. The quantitative estimate of drug-likeness (QED) is 0.358. The summed E-state index contributed by atoms with van der Waals surface area (Å²) in [6.45, 7) is 6.91. The number of methoxy groups -OCH3 is 1. The number of aliphatic imine (C=N–C) groups is 1. The molecule has 0 aliphatic carbocycles. The van der Waals surface area contributed by atoms with Gasteiger partial charge in [-0.1, -0.05) is 12.1 Å². The maximum atomic E-state index is 11.0. The largest absolute Gasteiger partial charge is 0.497 e. The first kappa shape index (κ1) is 22.5. The zero-order valence-electron chi connectivity index (χ0n) is 18.6. The van der Waals surface area contributed by atoms with Gasteiger partial charge < -0.3 is 29.3 Å². The van der Waals surface area contributed by atoms with Crippen molar-refractivity contribution in [2.45, 2.75) is 39.3 Å². The van der Waals surface area contributed by atoms with E-state index in [1.807, 2.05) is 56.3 Å². The Hall–Kier alpha value is -3.19. The van der Waals surface area contributed by atoms with Crippen LogP contribution in [-0.2, 0) is 18.6 Å². The van der Waals surface area contributed by atoms with E-state index in [2.05, 4.69) is 15.6 Å². The molecule has 0 aliphatic rings. The van der Waals surface area contributed by atoms with E-state index in [0.29, 0.717) is 24.8 Å². The smallest absolute Gasteiger partial charge is 0.191 e. The molecule has 0 radical (unpaired) electrons. The van der Waals surface area contributed by atoms with E-state index in [1.165, 1.54) is 0 Å². The van der Waals surface area contributed by atoms with Crippen LogP contribution in [0.3, 0.4) is 0 Å². The van der Waals surface area contributed by atoms with E-state index in [9.17, 15) is 5.11 Å². The molecule has 7 nitrogen and oxygen atoms in total. The molecular formula is C24H31N3O4. The van der Waals surface area contributed by atoms with Crippen LogP contribution in [0, 0.1) is 13.8 Å². The van der Waals surface area contributed by atoms with Crippen LogP contribution in [-0.4, -0.2) is 31.3 Å². The fourth-order valence-electron chi connectivity index (χ4n) is 3.35. The predicted octanol–water partition coefficient (Wildman–Crippen LogP) is 3.68. The molecule has 31 heavy (non-hydrogen) atoms. The Morgan fingerprint density at radius 3 is 2.55 bits per heavy atom. The lowest BCUT2D eigenvalue weighted by molar-refractivity contribution is 0.0601. The summed E-state index contributed by atoms with van der Waals surface area (Å²) in [6.07, 6.45) is 2.39. The molecule has 1 aromatic carbocycles. The molecule has 3 rings (SSSR count). The monoisotopic (exact) mass is 425 g/mol. The van der Waals surface area contributed by atoms with Crippen molar-refractivity contribution in [3.8, 4) is 5.75 Å². The second-order valence-electron chi connectivity index (χ2n) is 7.72. The Morgan fingerprint density at radius 2 is 1.94 bits per heavy atom. The fourth-order valence-corrected chi connectivity index (χ4v) is 3.35. The Labute approximate surface area is 183 Å². The van der Waals surface area contributed by atoms with Crippen molar-refractivity contribution in [2.75, 3.05) is 20.2 Å². The number of benzene rings is 1. The number of furan rings is 2. The van der Waals surface area contributed by atoms with Crippen LogP contribution < -0.4 is 15.4 Å². The molecular weight excluding hydrogens is 394 g/mol. The highest BCUT2D eigenvalue weighted by atomic mass is 16.5. The van der Waals surface area contributed by atoms with Gasteiger partial charge in [0.05, 0.1) is 26.5 Å². The van der Waals surface area contributed by atoms with Crippen LogP contribution in [0.2, 0.25) is 0 Å². The van der Waals surface area contributed by atoms with Gasteiger partial charge in [-0.05, 0) is 56.7 Å². The van der Waals surface area contributed by atoms with Crippen molar-refractivity contribution < 1.29 is 18.7 Å². The lowest BCUT2D eigenvalue weighted by atomic mass is 9.96. The SMILES string of the molecule is COc1ccc(CN=C(NCCc2ccco2)NCC(C)(O)c2cc(C)oc2C)cc1. The summed E-state index contributed by atoms with van der Waals surface area (Å²) in [5, 5.41) is 17.6. The van der Waals surface area contributed by atoms with Gasteiger partial charge >= 0.3 is 0 Å². The average molecular weight is 426 g/mol. The third-order valence-corrected chi connectivity index (χ3v) is 5.04. The van der Waals surface area contributed by atoms with Crippen molar-refractivity contribution in [1.82, 2.24) is 10.6 Å². The maximum absolute atomic E-state index is 11.0. The van der Waals surface area contributed by atoms with Crippen molar-refractivity contribution in [1.29, 1.82) is 0 Å². The number of aryl methyl sites for hydroxylation is 2. The minimum Gasteiger partial charge on any atom is -0.497 e. The van der Waals surface area contributed by atoms with Gasteiger partial charge in [-0.25, -0.2) is 4.99 Å². The summed E-state index contributed by atoms with van der Waals surface area (Å²) in [5.74, 6) is 3.81. The summed E-state index contributed by atoms with van der Waals surface area (Å²) in [6, 6.07) is 13.5. The molecule has 0 fully saturated rings. The first-order chi connectivity index (χ1) is 14.9. The standard InChI is InChI=1S/C24H31N3O4/c1-17-14-22(18(2)31-17)24(3,28)16-27-23(25-12-11-21-6-5-13-30-21)26-15-19-7-9-20(29-4)10-8-19/h5-10,13-14,28H,11-12,15-16H2,1-4H3,(H2,25,26,27). The van der Waals surface area contributed by atoms with E-state index < -0.39 is 5.60 Å². The zero-order chi connectivity index (χ0) is 22.3. The molecule has 0 amide bonds. The Bertz CT molecular complexity index is 973. The van der Waals surface area contributed by atoms with E-state index in [4.69, 9.17) is 13.6 Å². The second kappa shape index (κ2) is 10.2. The summed E-state index contributed by atoms with van der Waals surface area (Å²) < 4.78 is 16.2. The van der Waals surface area contributed by atoms with Gasteiger partial charge in [-0.15, -0.1) is 0 Å². The maximum Gasteiger partial charge on any atom is 0.191 e. The third-order valence-electron chi connectivity index (χ3n) is 5.04. The van der Waals surface area contributed by atoms with Gasteiger partial charge in [0.1, 0.15) is 28.6 Å². The second-order valence-corrected chi connectivity index (χ2v) is 7.72. The highest BCUT2D eigenvalue weighted by Crippen LogP contribution is 2.26. The van der Waals surface area contributed by atoms with E-state index in [-0.39, 0.29) is 6.54 Å². The molecule has 166 valence electrons. The summed E-state index contributed by atoms with van der Waals surface area (Å²) >= 11 is 0. The number of nitrogens with one attached hydrogen (secondary N) is 2. The molecule has 3 aromatic rings. The van der Waals surface area contributed by atoms with Crippen LogP contribution in [0.5, 0.6) is 5.75 Å². The lowest BCUT2D eigenvalue weighted by Gasteiger charge is -2.24. The van der Waals surface area contributed by atoms with Gasteiger partial charge in [0.25, 0.3) is 0 Å².